The zero-order valence-corrected chi connectivity index (χ0v) is 10.7. The van der Waals surface area contributed by atoms with Gasteiger partial charge in [0.2, 0.25) is 0 Å². The Morgan fingerprint density at radius 2 is 2.22 bits per heavy atom. The van der Waals surface area contributed by atoms with Gasteiger partial charge in [-0.25, -0.2) is 9.78 Å². The van der Waals surface area contributed by atoms with Gasteiger partial charge in [-0.2, -0.15) is 0 Å². The molecule has 2 rings (SSSR count). The Kier molecular flexibility index (Phi) is 4.15. The average molecular weight is 248 g/mol. The number of piperidine rings is 1. The molecule has 5 nitrogen and oxygen atoms in total. The minimum atomic E-state index is -0.0603. The number of nitrogens with zero attached hydrogens (tertiary/aromatic N) is 2. The van der Waals surface area contributed by atoms with Crippen LogP contribution in [-0.2, 0) is 6.54 Å². The van der Waals surface area contributed by atoms with Crippen LogP contribution in [0.25, 0.3) is 0 Å². The molecule has 5 heteroatoms. The van der Waals surface area contributed by atoms with Gasteiger partial charge in [-0.1, -0.05) is 13.0 Å². The van der Waals surface area contributed by atoms with Crippen molar-refractivity contribution in [1.82, 2.24) is 9.88 Å². The number of carbonyl (C=O) groups is 1. The van der Waals surface area contributed by atoms with Gasteiger partial charge >= 0.3 is 6.03 Å². The Bertz CT molecular complexity index is 396. The van der Waals surface area contributed by atoms with E-state index in [1.807, 2.05) is 11.0 Å². The third kappa shape index (κ3) is 3.20. The number of hydrogen-bond donors (Lipinski definition) is 2. The molecule has 1 fully saturated rings. The van der Waals surface area contributed by atoms with Crippen LogP contribution in [0.5, 0.6) is 0 Å². The molecule has 0 atom stereocenters. The first-order valence-corrected chi connectivity index (χ1v) is 6.40. The van der Waals surface area contributed by atoms with Gasteiger partial charge in [-0.15, -0.1) is 0 Å². The molecule has 0 radical (unpaired) electrons. The van der Waals surface area contributed by atoms with Crippen LogP contribution < -0.4 is 11.1 Å². The molecule has 2 heterocycles. The van der Waals surface area contributed by atoms with E-state index in [1.54, 1.807) is 12.3 Å². The molecule has 0 bridgehead atoms. The van der Waals surface area contributed by atoms with Crippen molar-refractivity contribution in [2.75, 3.05) is 18.4 Å². The van der Waals surface area contributed by atoms with Crippen LogP contribution in [0, 0.1) is 5.92 Å². The first-order chi connectivity index (χ1) is 8.69. The van der Waals surface area contributed by atoms with E-state index in [1.165, 1.54) is 0 Å². The fourth-order valence-electron chi connectivity index (χ4n) is 2.02. The lowest BCUT2D eigenvalue weighted by Gasteiger charge is -2.30. The van der Waals surface area contributed by atoms with E-state index in [2.05, 4.69) is 17.2 Å². The fraction of sp³-hybridized carbons (Fsp3) is 0.538. The summed E-state index contributed by atoms with van der Waals surface area (Å²) in [6.07, 6.45) is 3.84. The smallest absolute Gasteiger partial charge is 0.323 e. The molecule has 1 aromatic rings. The lowest BCUT2D eigenvalue weighted by atomic mass is 10.00. The molecule has 0 spiro atoms. The van der Waals surface area contributed by atoms with E-state index in [0.29, 0.717) is 12.4 Å². The van der Waals surface area contributed by atoms with Crippen LogP contribution in [-0.4, -0.2) is 29.0 Å². The van der Waals surface area contributed by atoms with Crippen LogP contribution in [0.2, 0.25) is 0 Å². The Labute approximate surface area is 107 Å². The van der Waals surface area contributed by atoms with Crippen molar-refractivity contribution in [3.8, 4) is 0 Å². The van der Waals surface area contributed by atoms with E-state index in [9.17, 15) is 4.79 Å². The number of carbonyl (C=O) groups excluding carboxylic acids is 1. The summed E-state index contributed by atoms with van der Waals surface area (Å²) in [6.45, 7) is 4.34. The maximum absolute atomic E-state index is 12.0. The van der Waals surface area contributed by atoms with Gasteiger partial charge in [0, 0.05) is 25.8 Å². The summed E-state index contributed by atoms with van der Waals surface area (Å²) in [5, 5.41) is 2.81. The Morgan fingerprint density at radius 1 is 1.50 bits per heavy atom. The zero-order chi connectivity index (χ0) is 13.0. The summed E-state index contributed by atoms with van der Waals surface area (Å²) in [7, 11) is 0. The van der Waals surface area contributed by atoms with Gasteiger partial charge in [-0.05, 0) is 30.4 Å². The van der Waals surface area contributed by atoms with E-state index in [0.717, 1.165) is 37.4 Å². The van der Waals surface area contributed by atoms with Crippen LogP contribution >= 0.6 is 0 Å². The number of pyridine rings is 1. The molecular weight excluding hydrogens is 228 g/mol. The largest absolute Gasteiger partial charge is 0.326 e. The molecule has 1 saturated heterocycles. The number of rotatable bonds is 2. The third-order valence-corrected chi connectivity index (χ3v) is 3.37. The summed E-state index contributed by atoms with van der Waals surface area (Å²) in [6, 6.07) is 3.60. The molecule has 3 N–H and O–H groups in total. The normalized spacial score (nSPS) is 16.7. The highest BCUT2D eigenvalue weighted by Crippen LogP contribution is 2.16. The highest BCUT2D eigenvalue weighted by molar-refractivity contribution is 5.88. The molecule has 1 aliphatic rings. The predicted octanol–water partition coefficient (Wildman–Crippen LogP) is 1.80. The first kappa shape index (κ1) is 12.8. The standard InChI is InChI=1S/C13H20N4O/c1-10-4-6-17(7-5-10)13(18)16-12-3-2-11(8-14)9-15-12/h2-3,9-10H,4-8,14H2,1H3,(H,15,16,18). The van der Waals surface area contributed by atoms with Crippen LogP contribution in [0.3, 0.4) is 0 Å². The number of hydrogen-bond acceptors (Lipinski definition) is 3. The van der Waals surface area contributed by atoms with Gasteiger partial charge in [-0.3, -0.25) is 5.32 Å². The highest BCUT2D eigenvalue weighted by atomic mass is 16.2. The lowest BCUT2D eigenvalue weighted by molar-refractivity contribution is 0.186. The van der Waals surface area contributed by atoms with E-state index in [-0.39, 0.29) is 6.03 Å². The van der Waals surface area contributed by atoms with Crippen molar-refractivity contribution in [1.29, 1.82) is 0 Å². The second kappa shape index (κ2) is 5.82. The summed E-state index contributed by atoms with van der Waals surface area (Å²) >= 11 is 0. The van der Waals surface area contributed by atoms with E-state index in [4.69, 9.17) is 5.73 Å². The lowest BCUT2D eigenvalue weighted by Crippen LogP contribution is -2.40. The SMILES string of the molecule is CC1CCN(C(=O)Nc2ccc(CN)cn2)CC1. The second-order valence-electron chi connectivity index (χ2n) is 4.86. The number of nitrogens with two attached hydrogens (primary N) is 1. The summed E-state index contributed by atoms with van der Waals surface area (Å²) in [4.78, 5) is 18.0. The topological polar surface area (TPSA) is 71.2 Å². The first-order valence-electron chi connectivity index (χ1n) is 6.40. The number of anilines is 1. The summed E-state index contributed by atoms with van der Waals surface area (Å²) in [5.74, 6) is 1.30. The average Bonchev–Trinajstić information content (AvgIpc) is 2.40. The van der Waals surface area contributed by atoms with Crippen molar-refractivity contribution >= 4 is 11.8 Å². The van der Waals surface area contributed by atoms with Gasteiger partial charge in [0.15, 0.2) is 0 Å². The quantitative estimate of drug-likeness (QED) is 0.838. The minimum absolute atomic E-state index is 0.0603. The van der Waals surface area contributed by atoms with Crippen LogP contribution in [0.4, 0.5) is 10.6 Å². The maximum atomic E-state index is 12.0. The molecule has 0 saturated carbocycles. The van der Waals surface area contributed by atoms with Crippen molar-refractivity contribution in [3.05, 3.63) is 23.9 Å². The fourth-order valence-corrected chi connectivity index (χ4v) is 2.02. The minimum Gasteiger partial charge on any atom is -0.326 e. The van der Waals surface area contributed by atoms with Gasteiger partial charge < -0.3 is 10.6 Å². The molecule has 18 heavy (non-hydrogen) atoms. The monoisotopic (exact) mass is 248 g/mol. The third-order valence-electron chi connectivity index (χ3n) is 3.37. The van der Waals surface area contributed by atoms with E-state index < -0.39 is 0 Å². The van der Waals surface area contributed by atoms with Crippen molar-refractivity contribution in [2.24, 2.45) is 11.7 Å². The van der Waals surface area contributed by atoms with Crippen molar-refractivity contribution in [3.63, 3.8) is 0 Å². The number of aromatic nitrogens is 1. The van der Waals surface area contributed by atoms with E-state index >= 15 is 0 Å². The summed E-state index contributed by atoms with van der Waals surface area (Å²) < 4.78 is 0. The van der Waals surface area contributed by atoms with Gasteiger partial charge in [0.1, 0.15) is 5.82 Å². The van der Waals surface area contributed by atoms with Crippen molar-refractivity contribution in [2.45, 2.75) is 26.3 Å². The second-order valence-corrected chi connectivity index (χ2v) is 4.86. The molecule has 98 valence electrons. The maximum Gasteiger partial charge on any atom is 0.323 e. The molecule has 1 aromatic heterocycles. The molecule has 0 aromatic carbocycles. The molecule has 2 amide bonds. The Balaban J connectivity index is 1.90. The molecule has 0 aliphatic carbocycles. The molecule has 1 aliphatic heterocycles. The van der Waals surface area contributed by atoms with Crippen molar-refractivity contribution < 1.29 is 4.79 Å². The summed E-state index contributed by atoms with van der Waals surface area (Å²) in [5.41, 5.74) is 6.45. The number of likely N-dealkylation sites (tertiary alicyclic amines) is 1. The Morgan fingerprint density at radius 3 is 2.78 bits per heavy atom. The van der Waals surface area contributed by atoms with Crippen LogP contribution in [0.1, 0.15) is 25.3 Å². The number of amides is 2. The predicted molar refractivity (Wildman–Crippen MR) is 71.1 cm³/mol. The van der Waals surface area contributed by atoms with Crippen LogP contribution in [0.15, 0.2) is 18.3 Å². The molecular formula is C13H20N4O. The van der Waals surface area contributed by atoms with Gasteiger partial charge in [0.25, 0.3) is 0 Å². The zero-order valence-electron chi connectivity index (χ0n) is 10.7. The Hall–Kier alpha value is -1.62. The number of nitrogens with one attached hydrogen (secondary N) is 1. The number of urea groups is 1. The highest BCUT2D eigenvalue weighted by Gasteiger charge is 2.20. The molecule has 0 unspecified atom stereocenters. The van der Waals surface area contributed by atoms with Gasteiger partial charge in [0.05, 0.1) is 0 Å².